The molecule has 0 fully saturated rings. The molecular formula is C14H16ClNO3S. The van der Waals surface area contributed by atoms with Crippen LogP contribution in [0.5, 0.6) is 5.75 Å². The van der Waals surface area contributed by atoms with Gasteiger partial charge < -0.3 is 4.18 Å². The molecule has 0 aliphatic carbocycles. The second-order valence-corrected chi connectivity index (χ2v) is 7.08. The lowest BCUT2D eigenvalue weighted by Crippen LogP contribution is -2.13. The minimum atomic E-state index is -3.58. The first-order chi connectivity index (χ1) is 9.34. The van der Waals surface area contributed by atoms with Crippen LogP contribution in [0.4, 0.5) is 0 Å². The van der Waals surface area contributed by atoms with Crippen molar-refractivity contribution in [3.63, 3.8) is 0 Å². The molecule has 2 rings (SSSR count). The van der Waals surface area contributed by atoms with Crippen molar-refractivity contribution in [1.29, 1.82) is 0 Å². The van der Waals surface area contributed by atoms with Gasteiger partial charge in [0.15, 0.2) is 5.75 Å². The van der Waals surface area contributed by atoms with Gasteiger partial charge >= 0.3 is 10.1 Å². The molecule has 0 saturated carbocycles. The van der Waals surface area contributed by atoms with Crippen molar-refractivity contribution in [2.75, 3.05) is 5.75 Å². The Morgan fingerprint density at radius 2 is 2.05 bits per heavy atom. The Balaban J connectivity index is 2.69. The Morgan fingerprint density at radius 3 is 2.65 bits per heavy atom. The van der Waals surface area contributed by atoms with E-state index >= 15 is 0 Å². The fourth-order valence-corrected chi connectivity index (χ4v) is 2.72. The number of rotatable bonds is 4. The Kier molecular flexibility index (Phi) is 4.20. The summed E-state index contributed by atoms with van der Waals surface area (Å²) < 4.78 is 28.5. The number of hydrogen-bond donors (Lipinski definition) is 0. The van der Waals surface area contributed by atoms with Gasteiger partial charge in [0.1, 0.15) is 0 Å². The van der Waals surface area contributed by atoms with Crippen LogP contribution in [0.1, 0.15) is 32.3 Å². The van der Waals surface area contributed by atoms with Gasteiger partial charge in [-0.25, -0.2) is 0 Å². The third kappa shape index (κ3) is 3.04. The van der Waals surface area contributed by atoms with Crippen LogP contribution in [0.3, 0.4) is 0 Å². The summed E-state index contributed by atoms with van der Waals surface area (Å²) in [5.41, 5.74) is 1.56. The van der Waals surface area contributed by atoms with Crippen LogP contribution >= 0.6 is 11.6 Å². The standard InChI is InChI=1S/C14H16ClNO3S/c1-4-20(17,18)19-13-8-16-12-6-5-10(15)7-11(12)14(13)9(2)3/h5-9H,4H2,1-3H3. The summed E-state index contributed by atoms with van der Waals surface area (Å²) in [5, 5.41) is 1.40. The largest absolute Gasteiger partial charge is 0.380 e. The van der Waals surface area contributed by atoms with Crippen molar-refractivity contribution in [1.82, 2.24) is 4.98 Å². The molecule has 1 heterocycles. The van der Waals surface area contributed by atoms with Gasteiger partial charge in [-0.15, -0.1) is 0 Å². The first-order valence-electron chi connectivity index (χ1n) is 6.34. The van der Waals surface area contributed by atoms with Crippen LogP contribution in [0.25, 0.3) is 10.9 Å². The SMILES string of the molecule is CCS(=O)(=O)Oc1cnc2ccc(Cl)cc2c1C(C)C. The molecule has 108 valence electrons. The van der Waals surface area contributed by atoms with E-state index < -0.39 is 10.1 Å². The zero-order valence-corrected chi connectivity index (χ0v) is 13.1. The fraction of sp³-hybridized carbons (Fsp3) is 0.357. The second kappa shape index (κ2) is 5.58. The smallest absolute Gasteiger partial charge is 0.308 e. The molecule has 0 radical (unpaired) electrons. The fourth-order valence-electron chi connectivity index (χ4n) is 2.02. The Morgan fingerprint density at radius 1 is 1.35 bits per heavy atom. The first-order valence-corrected chi connectivity index (χ1v) is 8.30. The van der Waals surface area contributed by atoms with E-state index in [2.05, 4.69) is 4.98 Å². The lowest BCUT2D eigenvalue weighted by Gasteiger charge is -2.15. The van der Waals surface area contributed by atoms with E-state index in [1.54, 1.807) is 12.1 Å². The summed E-state index contributed by atoms with van der Waals surface area (Å²) in [5.74, 6) is 0.274. The highest BCUT2D eigenvalue weighted by Crippen LogP contribution is 2.34. The number of pyridine rings is 1. The number of benzene rings is 1. The van der Waals surface area contributed by atoms with Crippen molar-refractivity contribution in [2.45, 2.75) is 26.7 Å². The molecule has 0 spiro atoms. The highest BCUT2D eigenvalue weighted by molar-refractivity contribution is 7.87. The lowest BCUT2D eigenvalue weighted by molar-refractivity contribution is 0.482. The summed E-state index contributed by atoms with van der Waals surface area (Å²) in [6.07, 6.45) is 1.46. The van der Waals surface area contributed by atoms with Crippen LogP contribution in [-0.2, 0) is 10.1 Å². The van der Waals surface area contributed by atoms with E-state index in [1.165, 1.54) is 13.1 Å². The molecule has 2 aromatic rings. The van der Waals surface area contributed by atoms with Gasteiger partial charge in [0, 0.05) is 16.0 Å². The minimum absolute atomic E-state index is 0.0843. The average molecular weight is 314 g/mol. The molecular weight excluding hydrogens is 298 g/mol. The minimum Gasteiger partial charge on any atom is -0.380 e. The Bertz CT molecular complexity index is 741. The maximum absolute atomic E-state index is 11.7. The van der Waals surface area contributed by atoms with Crippen LogP contribution in [0, 0.1) is 0 Å². The molecule has 1 aromatic heterocycles. The summed E-state index contributed by atoms with van der Waals surface area (Å²) in [6, 6.07) is 5.34. The van der Waals surface area contributed by atoms with E-state index in [9.17, 15) is 8.42 Å². The monoisotopic (exact) mass is 313 g/mol. The number of aromatic nitrogens is 1. The van der Waals surface area contributed by atoms with Crippen LogP contribution in [0.2, 0.25) is 5.02 Å². The highest BCUT2D eigenvalue weighted by Gasteiger charge is 2.18. The molecule has 0 aliphatic rings. The molecule has 0 unspecified atom stereocenters. The maximum Gasteiger partial charge on any atom is 0.308 e. The Hall–Kier alpha value is -1.33. The number of nitrogens with zero attached hydrogens (tertiary/aromatic N) is 1. The third-order valence-corrected chi connectivity index (χ3v) is 4.36. The van der Waals surface area contributed by atoms with E-state index in [-0.39, 0.29) is 17.4 Å². The van der Waals surface area contributed by atoms with E-state index in [0.717, 1.165) is 16.5 Å². The predicted octanol–water partition coefficient (Wildman–Crippen LogP) is 3.74. The molecule has 6 heteroatoms. The molecule has 0 atom stereocenters. The van der Waals surface area contributed by atoms with Crippen LogP contribution in [0.15, 0.2) is 24.4 Å². The molecule has 0 amide bonds. The number of halogens is 1. The maximum atomic E-state index is 11.7. The molecule has 0 aliphatic heterocycles. The topological polar surface area (TPSA) is 56.3 Å². The van der Waals surface area contributed by atoms with E-state index in [4.69, 9.17) is 15.8 Å². The van der Waals surface area contributed by atoms with Crippen molar-refractivity contribution >= 4 is 32.6 Å². The summed E-state index contributed by atoms with van der Waals surface area (Å²) >= 11 is 6.02. The van der Waals surface area contributed by atoms with Gasteiger partial charge in [0.05, 0.1) is 17.5 Å². The molecule has 20 heavy (non-hydrogen) atoms. The molecule has 0 saturated heterocycles. The lowest BCUT2D eigenvalue weighted by atomic mass is 9.98. The molecule has 0 N–H and O–H groups in total. The highest BCUT2D eigenvalue weighted by atomic mass is 35.5. The van der Waals surface area contributed by atoms with Crippen LogP contribution in [-0.4, -0.2) is 19.2 Å². The third-order valence-electron chi connectivity index (χ3n) is 2.98. The summed E-state index contributed by atoms with van der Waals surface area (Å²) in [7, 11) is -3.58. The van der Waals surface area contributed by atoms with E-state index in [0.29, 0.717) is 5.02 Å². The van der Waals surface area contributed by atoms with Gasteiger partial charge in [0.25, 0.3) is 0 Å². The van der Waals surface area contributed by atoms with Crippen LogP contribution < -0.4 is 4.18 Å². The quantitative estimate of drug-likeness (QED) is 0.807. The number of hydrogen-bond acceptors (Lipinski definition) is 4. The van der Waals surface area contributed by atoms with Gasteiger partial charge in [-0.1, -0.05) is 25.4 Å². The van der Waals surface area contributed by atoms with Gasteiger partial charge in [-0.3, -0.25) is 4.98 Å². The zero-order valence-electron chi connectivity index (χ0n) is 11.6. The summed E-state index contributed by atoms with van der Waals surface area (Å²) in [6.45, 7) is 5.48. The zero-order chi connectivity index (χ0) is 14.9. The van der Waals surface area contributed by atoms with Crippen molar-refractivity contribution in [2.24, 2.45) is 0 Å². The molecule has 0 bridgehead atoms. The Labute approximate surface area is 123 Å². The summed E-state index contributed by atoms with van der Waals surface area (Å²) in [4.78, 5) is 4.24. The van der Waals surface area contributed by atoms with Gasteiger partial charge in [0.2, 0.25) is 0 Å². The van der Waals surface area contributed by atoms with Crippen molar-refractivity contribution in [3.05, 3.63) is 35.0 Å². The van der Waals surface area contributed by atoms with E-state index in [1.807, 2.05) is 19.9 Å². The normalized spacial score (nSPS) is 12.1. The second-order valence-electron chi connectivity index (χ2n) is 4.78. The van der Waals surface area contributed by atoms with Crippen molar-refractivity contribution in [3.8, 4) is 5.75 Å². The van der Waals surface area contributed by atoms with Gasteiger partial charge in [-0.2, -0.15) is 8.42 Å². The average Bonchev–Trinajstić information content (AvgIpc) is 2.37. The first kappa shape index (κ1) is 15.1. The molecule has 1 aromatic carbocycles. The molecule has 4 nitrogen and oxygen atoms in total. The van der Waals surface area contributed by atoms with Crippen molar-refractivity contribution < 1.29 is 12.6 Å². The van der Waals surface area contributed by atoms with Gasteiger partial charge in [-0.05, 0) is 31.0 Å². The number of fused-ring (bicyclic) bond motifs is 1. The predicted molar refractivity (Wildman–Crippen MR) is 80.9 cm³/mol.